The number of nitrogens with zero attached hydrogens (tertiary/aromatic N) is 5. The van der Waals surface area contributed by atoms with Crippen LogP contribution in [0.25, 0.3) is 32.9 Å². The lowest BCUT2D eigenvalue weighted by Gasteiger charge is -2.40. The third-order valence-electron chi connectivity index (χ3n) is 11.1. The van der Waals surface area contributed by atoms with Crippen LogP contribution in [-0.2, 0) is 11.2 Å². The van der Waals surface area contributed by atoms with Crippen molar-refractivity contribution in [2.45, 2.75) is 81.4 Å². The maximum Gasteiger partial charge on any atom is 0.407 e. The van der Waals surface area contributed by atoms with Crippen molar-refractivity contribution in [3.05, 3.63) is 58.5 Å². The zero-order valence-corrected chi connectivity index (χ0v) is 27.0. The van der Waals surface area contributed by atoms with Gasteiger partial charge in [-0.15, -0.1) is 11.8 Å². The van der Waals surface area contributed by atoms with Crippen LogP contribution in [0.2, 0.25) is 0 Å². The fraction of sp³-hybridized carbons (Fsp3) is 0.444. The number of hydrogen-bond acceptors (Lipinski definition) is 5. The van der Waals surface area contributed by atoms with E-state index in [-0.39, 0.29) is 41.4 Å². The van der Waals surface area contributed by atoms with Crippen molar-refractivity contribution >= 4 is 45.6 Å². The Labute approximate surface area is 271 Å². The lowest BCUT2D eigenvalue weighted by molar-refractivity contribution is -0.129. The molecule has 8 nitrogen and oxygen atoms in total. The van der Waals surface area contributed by atoms with E-state index in [1.54, 1.807) is 11.8 Å². The summed E-state index contributed by atoms with van der Waals surface area (Å²) in [4.78, 5) is 33.4. The molecule has 46 heavy (non-hydrogen) atoms. The van der Waals surface area contributed by atoms with Gasteiger partial charge in [-0.1, -0.05) is 18.2 Å². The van der Waals surface area contributed by atoms with Crippen LogP contribution < -0.4 is 0 Å². The topological polar surface area (TPSA) is 102 Å². The maximum atomic E-state index is 17.2. The van der Waals surface area contributed by atoms with E-state index >= 15 is 4.39 Å². The van der Waals surface area contributed by atoms with Gasteiger partial charge in [0, 0.05) is 48.0 Å². The Morgan fingerprint density at radius 1 is 1.15 bits per heavy atom. The zero-order chi connectivity index (χ0) is 32.0. The normalized spacial score (nSPS) is 25.2. The highest BCUT2D eigenvalue weighted by Gasteiger charge is 2.56. The van der Waals surface area contributed by atoms with Gasteiger partial charge in [0.15, 0.2) is 5.82 Å². The van der Waals surface area contributed by atoms with Crippen LogP contribution in [0.1, 0.15) is 79.4 Å². The van der Waals surface area contributed by atoms with Crippen molar-refractivity contribution in [1.29, 1.82) is 5.26 Å². The smallest absolute Gasteiger partial charge is 0.407 e. The van der Waals surface area contributed by atoms with Gasteiger partial charge in [-0.25, -0.2) is 14.2 Å². The van der Waals surface area contributed by atoms with Crippen LogP contribution in [0.4, 0.5) is 9.18 Å². The van der Waals surface area contributed by atoms with E-state index in [2.05, 4.69) is 22.8 Å². The summed E-state index contributed by atoms with van der Waals surface area (Å²) in [6.45, 7) is 4.68. The number of aryl methyl sites for hydroxylation is 2. The average molecular weight is 638 g/mol. The van der Waals surface area contributed by atoms with Gasteiger partial charge < -0.3 is 19.5 Å². The number of benzene rings is 2. The van der Waals surface area contributed by atoms with Crippen molar-refractivity contribution in [1.82, 2.24) is 19.4 Å². The summed E-state index contributed by atoms with van der Waals surface area (Å²) in [5.41, 5.74) is 6.19. The number of carboxylic acid groups (broad SMARTS) is 1. The highest BCUT2D eigenvalue weighted by molar-refractivity contribution is 7.98. The zero-order valence-electron chi connectivity index (χ0n) is 26.2. The Kier molecular flexibility index (Phi) is 6.84. The fourth-order valence-corrected chi connectivity index (χ4v) is 9.70. The van der Waals surface area contributed by atoms with Gasteiger partial charge in [-0.3, -0.25) is 4.79 Å². The highest BCUT2D eigenvalue weighted by atomic mass is 32.2. The van der Waals surface area contributed by atoms with Gasteiger partial charge in [-0.05, 0) is 86.1 Å². The summed E-state index contributed by atoms with van der Waals surface area (Å²) in [6, 6.07) is 12.2. The quantitative estimate of drug-likeness (QED) is 0.232. The molecule has 3 saturated heterocycles. The molecule has 5 heterocycles. The number of halogens is 1. The lowest BCUT2D eigenvalue weighted by Crippen LogP contribution is -2.43. The number of thioether (sulfide) groups is 1. The molecule has 0 radical (unpaired) electrons. The largest absolute Gasteiger partial charge is 0.465 e. The Morgan fingerprint density at radius 3 is 2.70 bits per heavy atom. The summed E-state index contributed by atoms with van der Waals surface area (Å²) in [7, 11) is 0. The van der Waals surface area contributed by atoms with Crippen molar-refractivity contribution in [2.24, 2.45) is 5.92 Å². The molecule has 2 aromatic heterocycles. The number of nitriles is 1. The first-order chi connectivity index (χ1) is 22.2. The van der Waals surface area contributed by atoms with Gasteiger partial charge >= 0.3 is 6.09 Å². The Hall–Kier alpha value is -4.10. The summed E-state index contributed by atoms with van der Waals surface area (Å²) in [5, 5.41) is 22.3. The number of likely N-dealkylation sites (tertiary alicyclic amines) is 1. The molecule has 236 valence electrons. The van der Waals surface area contributed by atoms with Gasteiger partial charge in [0.2, 0.25) is 5.91 Å². The van der Waals surface area contributed by atoms with E-state index in [9.17, 15) is 20.0 Å². The van der Waals surface area contributed by atoms with E-state index in [1.165, 1.54) is 11.8 Å². The van der Waals surface area contributed by atoms with Gasteiger partial charge in [0.1, 0.15) is 10.5 Å². The third kappa shape index (κ3) is 4.06. The molecule has 1 saturated carbocycles. The minimum Gasteiger partial charge on any atom is -0.465 e. The van der Waals surface area contributed by atoms with Crippen LogP contribution in [0.3, 0.4) is 0 Å². The Morgan fingerprint density at radius 2 is 1.98 bits per heavy atom. The fourth-order valence-electron chi connectivity index (χ4n) is 9.14. The van der Waals surface area contributed by atoms with E-state index in [0.717, 1.165) is 77.4 Å². The molecule has 2 bridgehead atoms. The number of carbonyl (C=O) groups excluding carboxylic acids is 1. The third-order valence-corrected chi connectivity index (χ3v) is 11.8. The molecule has 4 aromatic rings. The summed E-state index contributed by atoms with van der Waals surface area (Å²) < 4.78 is 19.5. The highest BCUT2D eigenvalue weighted by Crippen LogP contribution is 2.54. The van der Waals surface area contributed by atoms with Crippen molar-refractivity contribution in [2.75, 3.05) is 19.3 Å². The minimum absolute atomic E-state index is 0.0181. The maximum absolute atomic E-state index is 17.2. The number of aromatic nitrogens is 2. The molecule has 9 rings (SSSR count). The number of carbonyl (C=O) groups is 2. The van der Waals surface area contributed by atoms with E-state index in [1.807, 2.05) is 36.3 Å². The Bertz CT molecular complexity index is 2020. The first kappa shape index (κ1) is 29.3. The first-order valence-electron chi connectivity index (χ1n) is 16.2. The molecule has 10 heteroatoms. The molecule has 1 N–H and O–H groups in total. The van der Waals surface area contributed by atoms with E-state index < -0.39 is 11.9 Å². The molecule has 2 unspecified atom stereocenters. The monoisotopic (exact) mass is 637 g/mol. The summed E-state index contributed by atoms with van der Waals surface area (Å²) in [6.07, 6.45) is 6.11. The number of rotatable bonds is 4. The van der Waals surface area contributed by atoms with Crippen LogP contribution >= 0.6 is 11.8 Å². The number of hydrogen-bond donors (Lipinski definition) is 1. The second kappa shape index (κ2) is 10.7. The lowest BCUT2D eigenvalue weighted by atomic mass is 9.78. The number of amides is 2. The molecule has 2 amide bonds. The van der Waals surface area contributed by atoms with Crippen molar-refractivity contribution in [3.63, 3.8) is 0 Å². The van der Waals surface area contributed by atoms with Crippen LogP contribution in [0, 0.1) is 30.0 Å². The van der Waals surface area contributed by atoms with E-state index in [4.69, 9.17) is 4.98 Å². The van der Waals surface area contributed by atoms with E-state index in [0.29, 0.717) is 29.1 Å². The second-order valence-electron chi connectivity index (χ2n) is 13.4. The van der Waals surface area contributed by atoms with Crippen LogP contribution in [0.15, 0.2) is 35.4 Å². The summed E-state index contributed by atoms with van der Waals surface area (Å²) in [5.74, 6) is -0.516. The molecule has 4 fully saturated rings. The van der Waals surface area contributed by atoms with Gasteiger partial charge in [0.05, 0.1) is 35.6 Å². The van der Waals surface area contributed by atoms with Gasteiger partial charge in [-0.2, -0.15) is 5.26 Å². The molecule has 2 aromatic carbocycles. The standard InChI is InChI=1S/C36H36FN5O3S/c1-18-13-24-32(31(37)29(18)23-10-5-8-20-7-4-9-21(16-38)30(20)23)39-35(46-3)25-15-27(26-11-6-12-40(26)19(2)43)42(34(24)25)33-22-14-28(33)41(17-22)36(44)45/h5,8,10,13,15,21-22,26,28,33H,4,6-7,9,11-12,14,17H2,1-3H3,(H,44,45)/t21?,22-,26?,28-,33+/m1/s1. The predicted octanol–water partition coefficient (Wildman–Crippen LogP) is 7.58. The average Bonchev–Trinajstić information content (AvgIpc) is 3.83. The molecular weight excluding hydrogens is 601 g/mol. The van der Waals surface area contributed by atoms with Crippen LogP contribution in [0.5, 0.6) is 0 Å². The number of fused-ring (bicyclic) bond motifs is 5. The molecular formula is C36H36FN5O3S. The van der Waals surface area contributed by atoms with Crippen molar-refractivity contribution in [3.8, 4) is 17.2 Å². The molecule has 0 spiro atoms. The first-order valence-corrected chi connectivity index (χ1v) is 17.5. The molecule has 3 aliphatic heterocycles. The summed E-state index contributed by atoms with van der Waals surface area (Å²) >= 11 is 1.47. The second-order valence-corrected chi connectivity index (χ2v) is 14.2. The minimum atomic E-state index is -0.913. The van der Waals surface area contributed by atoms with Crippen molar-refractivity contribution < 1.29 is 19.1 Å². The SMILES string of the molecule is CSc1nc2c(F)c(-c3cccc4c3C(C#N)CCC4)c(C)cc2c2c1cc(C1CCCN1C(C)=O)n2[C@H]1[C@@H]2C[C@H]1N(C(=O)O)C2. The van der Waals surface area contributed by atoms with Gasteiger partial charge in [0.25, 0.3) is 0 Å². The molecule has 2 aliphatic carbocycles. The van der Waals surface area contributed by atoms with Crippen LogP contribution in [-0.4, -0.2) is 61.8 Å². The predicted molar refractivity (Wildman–Crippen MR) is 175 cm³/mol. The number of pyridine rings is 1. The molecule has 5 aliphatic rings. The Balaban J connectivity index is 1.42. The molecule has 5 atom stereocenters.